The summed E-state index contributed by atoms with van der Waals surface area (Å²) >= 11 is 0. The lowest BCUT2D eigenvalue weighted by atomic mass is 10.1. The predicted octanol–water partition coefficient (Wildman–Crippen LogP) is 1.87. The summed E-state index contributed by atoms with van der Waals surface area (Å²) in [7, 11) is -4.15. The number of Topliss-reactive ketones (excluding diaryl/α,β-unsaturated/α-hetero) is 1. The second kappa shape index (κ2) is 6.93. The zero-order valence-electron chi connectivity index (χ0n) is 8.19. The number of hydrogen-bond donors (Lipinski definition) is 2. The van der Waals surface area contributed by atoms with Crippen molar-refractivity contribution in [1.29, 1.82) is 0 Å². The summed E-state index contributed by atoms with van der Waals surface area (Å²) in [4.78, 5) is 28.0. The molecule has 4 nitrogen and oxygen atoms in total. The SMILES string of the molecule is C=CCCCCCC(=O)CP(=O)(O)O. The van der Waals surface area contributed by atoms with E-state index in [2.05, 4.69) is 6.58 Å². The van der Waals surface area contributed by atoms with Gasteiger partial charge < -0.3 is 9.79 Å². The van der Waals surface area contributed by atoms with Gasteiger partial charge in [0.25, 0.3) is 0 Å². The van der Waals surface area contributed by atoms with Crippen molar-refractivity contribution in [3.8, 4) is 0 Å². The first-order valence-electron chi connectivity index (χ1n) is 4.63. The van der Waals surface area contributed by atoms with E-state index < -0.39 is 13.8 Å². The molecule has 0 aliphatic heterocycles. The molecule has 0 atom stereocenters. The Morgan fingerprint density at radius 1 is 1.29 bits per heavy atom. The molecule has 14 heavy (non-hydrogen) atoms. The normalized spacial score (nSPS) is 11.3. The highest BCUT2D eigenvalue weighted by Gasteiger charge is 2.17. The van der Waals surface area contributed by atoms with E-state index in [-0.39, 0.29) is 12.2 Å². The van der Waals surface area contributed by atoms with Crippen molar-refractivity contribution in [1.82, 2.24) is 0 Å². The smallest absolute Gasteiger partial charge is 0.324 e. The van der Waals surface area contributed by atoms with Gasteiger partial charge >= 0.3 is 7.60 Å². The molecule has 0 heterocycles. The number of carbonyl (C=O) groups excluding carboxylic acids is 1. The van der Waals surface area contributed by atoms with Crippen LogP contribution < -0.4 is 0 Å². The monoisotopic (exact) mass is 220 g/mol. The van der Waals surface area contributed by atoms with Gasteiger partial charge in [-0.1, -0.05) is 12.5 Å². The molecule has 0 radical (unpaired) electrons. The fourth-order valence-electron chi connectivity index (χ4n) is 1.10. The van der Waals surface area contributed by atoms with Crippen molar-refractivity contribution in [3.63, 3.8) is 0 Å². The topological polar surface area (TPSA) is 74.6 Å². The van der Waals surface area contributed by atoms with Gasteiger partial charge in [-0.2, -0.15) is 0 Å². The molecule has 0 aromatic heterocycles. The Bertz CT molecular complexity index is 231. The summed E-state index contributed by atoms with van der Waals surface area (Å²) < 4.78 is 10.4. The number of ketones is 1. The van der Waals surface area contributed by atoms with E-state index in [4.69, 9.17) is 9.79 Å². The van der Waals surface area contributed by atoms with Crippen LogP contribution in [0.1, 0.15) is 32.1 Å². The van der Waals surface area contributed by atoms with Crippen molar-refractivity contribution < 1.29 is 19.1 Å². The molecule has 0 amide bonds. The average molecular weight is 220 g/mol. The maximum absolute atomic E-state index is 11.0. The summed E-state index contributed by atoms with van der Waals surface area (Å²) in [6, 6.07) is 0. The molecule has 0 aromatic carbocycles. The minimum absolute atomic E-state index is 0.266. The molecule has 0 aliphatic rings. The van der Waals surface area contributed by atoms with Crippen LogP contribution in [-0.4, -0.2) is 21.7 Å². The van der Waals surface area contributed by atoms with Crippen LogP contribution in [0.25, 0.3) is 0 Å². The third-order valence-corrected chi connectivity index (χ3v) is 2.51. The second-order valence-corrected chi connectivity index (χ2v) is 4.90. The van der Waals surface area contributed by atoms with Crippen LogP contribution >= 0.6 is 7.60 Å². The highest BCUT2D eigenvalue weighted by atomic mass is 31.2. The van der Waals surface area contributed by atoms with E-state index in [1.165, 1.54) is 0 Å². The Hall–Kier alpha value is -0.440. The zero-order chi connectivity index (χ0) is 11.0. The number of carbonyl (C=O) groups is 1. The Kier molecular flexibility index (Phi) is 6.71. The lowest BCUT2D eigenvalue weighted by Crippen LogP contribution is -2.04. The van der Waals surface area contributed by atoms with Crippen LogP contribution in [0, 0.1) is 0 Å². The minimum atomic E-state index is -4.15. The molecule has 0 aromatic rings. The van der Waals surface area contributed by atoms with E-state index >= 15 is 0 Å². The van der Waals surface area contributed by atoms with Crippen molar-refractivity contribution in [2.75, 3.05) is 6.16 Å². The van der Waals surface area contributed by atoms with E-state index in [9.17, 15) is 9.36 Å². The molecule has 2 N–H and O–H groups in total. The first-order chi connectivity index (χ1) is 6.45. The number of hydrogen-bond acceptors (Lipinski definition) is 2. The summed E-state index contributed by atoms with van der Waals surface area (Å²) in [5.41, 5.74) is 0. The molecule has 0 spiro atoms. The van der Waals surface area contributed by atoms with E-state index in [1.807, 2.05) is 6.08 Å². The Morgan fingerprint density at radius 3 is 2.43 bits per heavy atom. The van der Waals surface area contributed by atoms with Crippen molar-refractivity contribution in [2.24, 2.45) is 0 Å². The predicted molar refractivity (Wildman–Crippen MR) is 55.2 cm³/mol. The van der Waals surface area contributed by atoms with Crippen LogP contribution in [0.4, 0.5) is 0 Å². The van der Waals surface area contributed by atoms with Crippen LogP contribution in [-0.2, 0) is 9.36 Å². The molecule has 0 rings (SSSR count). The highest BCUT2D eigenvalue weighted by molar-refractivity contribution is 7.52. The largest absolute Gasteiger partial charge is 0.332 e. The van der Waals surface area contributed by atoms with Crippen LogP contribution in [0.3, 0.4) is 0 Å². The molecule has 82 valence electrons. The van der Waals surface area contributed by atoms with Gasteiger partial charge in [-0.25, -0.2) is 0 Å². The number of allylic oxidation sites excluding steroid dienone is 1. The van der Waals surface area contributed by atoms with Crippen molar-refractivity contribution in [2.45, 2.75) is 32.1 Å². The van der Waals surface area contributed by atoms with Gasteiger partial charge in [0.05, 0.1) is 0 Å². The van der Waals surface area contributed by atoms with Crippen molar-refractivity contribution in [3.05, 3.63) is 12.7 Å². The Labute approximate surface area is 84.2 Å². The van der Waals surface area contributed by atoms with E-state index in [0.717, 1.165) is 19.3 Å². The van der Waals surface area contributed by atoms with Gasteiger partial charge in [-0.15, -0.1) is 6.58 Å². The maximum Gasteiger partial charge on any atom is 0.332 e. The van der Waals surface area contributed by atoms with Crippen LogP contribution in [0.15, 0.2) is 12.7 Å². The van der Waals surface area contributed by atoms with Crippen molar-refractivity contribution >= 4 is 13.4 Å². The molecule has 0 saturated carbocycles. The number of rotatable bonds is 8. The van der Waals surface area contributed by atoms with Crippen LogP contribution in [0.5, 0.6) is 0 Å². The lowest BCUT2D eigenvalue weighted by molar-refractivity contribution is -0.117. The molecule has 5 heteroatoms. The molecule has 0 bridgehead atoms. The molecular formula is C9H17O4P. The first kappa shape index (κ1) is 13.6. The quantitative estimate of drug-likeness (QED) is 0.372. The second-order valence-electron chi connectivity index (χ2n) is 3.25. The Morgan fingerprint density at radius 2 is 1.93 bits per heavy atom. The fourth-order valence-corrected chi connectivity index (χ4v) is 1.71. The summed E-state index contributed by atoms with van der Waals surface area (Å²) in [5, 5.41) is 0. The van der Waals surface area contributed by atoms with Gasteiger partial charge in [0.1, 0.15) is 11.9 Å². The van der Waals surface area contributed by atoms with Gasteiger partial charge in [0.15, 0.2) is 0 Å². The van der Waals surface area contributed by atoms with Gasteiger partial charge in [0, 0.05) is 6.42 Å². The fraction of sp³-hybridized carbons (Fsp3) is 0.667. The lowest BCUT2D eigenvalue weighted by Gasteiger charge is -2.02. The molecular weight excluding hydrogens is 203 g/mol. The molecule has 0 fully saturated rings. The molecule has 0 aliphatic carbocycles. The highest BCUT2D eigenvalue weighted by Crippen LogP contribution is 2.34. The summed E-state index contributed by atoms with van der Waals surface area (Å²) in [6.07, 6.45) is 4.97. The zero-order valence-corrected chi connectivity index (χ0v) is 9.08. The molecule has 0 saturated heterocycles. The molecule has 0 unspecified atom stereocenters. The van der Waals surface area contributed by atoms with Gasteiger partial charge in [-0.05, 0) is 19.3 Å². The van der Waals surface area contributed by atoms with Gasteiger partial charge in [0.2, 0.25) is 0 Å². The van der Waals surface area contributed by atoms with Gasteiger partial charge in [-0.3, -0.25) is 9.36 Å². The number of unbranched alkanes of at least 4 members (excludes halogenated alkanes) is 3. The third kappa shape index (κ3) is 9.65. The summed E-state index contributed by atoms with van der Waals surface area (Å²) in [6.45, 7) is 3.57. The first-order valence-corrected chi connectivity index (χ1v) is 6.42. The summed E-state index contributed by atoms with van der Waals surface area (Å²) in [5.74, 6) is -0.350. The Balaban J connectivity index is 3.45. The maximum atomic E-state index is 11.0. The standard InChI is InChI=1S/C9H17O4P/c1-2-3-4-5-6-7-9(10)8-14(11,12)13/h2H,1,3-8H2,(H2,11,12,13). The van der Waals surface area contributed by atoms with Crippen LogP contribution in [0.2, 0.25) is 0 Å². The van der Waals surface area contributed by atoms with E-state index in [0.29, 0.717) is 6.42 Å². The van der Waals surface area contributed by atoms with E-state index in [1.54, 1.807) is 0 Å². The minimum Gasteiger partial charge on any atom is -0.324 e. The average Bonchev–Trinajstić information content (AvgIpc) is 2.00. The third-order valence-electron chi connectivity index (χ3n) is 1.75.